The van der Waals surface area contributed by atoms with E-state index in [-0.39, 0.29) is 11.0 Å². The van der Waals surface area contributed by atoms with Gasteiger partial charge in [0.15, 0.2) is 11.0 Å². The lowest BCUT2D eigenvalue weighted by molar-refractivity contribution is -0.138. The molecule has 1 amide bonds. The second-order valence-corrected chi connectivity index (χ2v) is 3.67. The van der Waals surface area contributed by atoms with Crippen LogP contribution in [0.2, 0.25) is 5.22 Å². The van der Waals surface area contributed by atoms with Crippen molar-refractivity contribution in [3.63, 3.8) is 0 Å². The maximum Gasteiger partial charge on any atom is 0.391 e. The number of furan rings is 1. The minimum atomic E-state index is -4.31. The third-order valence-electron chi connectivity index (χ3n) is 1.71. The zero-order valence-corrected chi connectivity index (χ0v) is 9.02. The number of halogens is 4. The normalized spacial score (nSPS) is 13.6. The van der Waals surface area contributed by atoms with E-state index in [0.717, 1.165) is 0 Å². The minimum Gasteiger partial charge on any atom is -0.440 e. The van der Waals surface area contributed by atoms with Crippen LogP contribution in [0.4, 0.5) is 13.2 Å². The van der Waals surface area contributed by atoms with Gasteiger partial charge in [0, 0.05) is 6.04 Å². The Hall–Kier alpha value is -1.17. The van der Waals surface area contributed by atoms with Crippen molar-refractivity contribution in [1.82, 2.24) is 5.32 Å². The molecule has 0 fully saturated rings. The van der Waals surface area contributed by atoms with E-state index in [1.807, 2.05) is 0 Å². The molecule has 16 heavy (non-hydrogen) atoms. The maximum atomic E-state index is 12.0. The minimum absolute atomic E-state index is 0.00799. The summed E-state index contributed by atoms with van der Waals surface area (Å²) in [6, 6.07) is 1.61. The molecule has 1 N–H and O–H groups in total. The first-order chi connectivity index (χ1) is 7.28. The van der Waals surface area contributed by atoms with Crippen LogP contribution >= 0.6 is 11.6 Å². The Labute approximate surface area is 94.6 Å². The molecule has 0 aliphatic carbocycles. The van der Waals surface area contributed by atoms with E-state index in [1.54, 1.807) is 0 Å². The van der Waals surface area contributed by atoms with E-state index in [2.05, 4.69) is 5.32 Å². The van der Waals surface area contributed by atoms with Gasteiger partial charge < -0.3 is 9.73 Å². The number of nitrogens with one attached hydrogen (secondary N) is 1. The molecule has 0 aliphatic heterocycles. The van der Waals surface area contributed by atoms with Crippen LogP contribution in [-0.2, 0) is 0 Å². The van der Waals surface area contributed by atoms with Crippen LogP contribution in [0.15, 0.2) is 16.5 Å². The first-order valence-corrected chi connectivity index (χ1v) is 4.78. The van der Waals surface area contributed by atoms with E-state index >= 15 is 0 Å². The molecular formula is C9H9ClF3NO2. The van der Waals surface area contributed by atoms with Crippen LogP contribution in [0.3, 0.4) is 0 Å². The number of carbonyl (C=O) groups excluding carboxylic acids is 1. The largest absolute Gasteiger partial charge is 0.440 e. The summed E-state index contributed by atoms with van der Waals surface area (Å²) in [5.74, 6) is -0.831. The molecule has 0 aromatic carbocycles. The molecule has 0 bridgehead atoms. The highest BCUT2D eigenvalue weighted by Crippen LogP contribution is 2.21. The third kappa shape index (κ3) is 4.14. The summed E-state index contributed by atoms with van der Waals surface area (Å²) in [5, 5.41) is 2.16. The number of rotatable bonds is 3. The summed E-state index contributed by atoms with van der Waals surface area (Å²) in [7, 11) is 0. The molecule has 0 saturated heterocycles. The molecule has 1 unspecified atom stereocenters. The fraction of sp³-hybridized carbons (Fsp3) is 0.444. The van der Waals surface area contributed by atoms with Gasteiger partial charge in [-0.25, -0.2) is 0 Å². The number of carbonyl (C=O) groups is 1. The molecule has 0 radical (unpaired) electrons. The predicted molar refractivity (Wildman–Crippen MR) is 51.3 cm³/mol. The highest BCUT2D eigenvalue weighted by molar-refractivity contribution is 6.29. The quantitative estimate of drug-likeness (QED) is 0.902. The summed E-state index contributed by atoms with van der Waals surface area (Å²) in [4.78, 5) is 11.3. The van der Waals surface area contributed by atoms with E-state index in [0.29, 0.717) is 0 Å². The van der Waals surface area contributed by atoms with Crippen molar-refractivity contribution >= 4 is 17.5 Å². The predicted octanol–water partition coefficient (Wildman–Crippen LogP) is 3.00. The zero-order chi connectivity index (χ0) is 12.3. The summed E-state index contributed by atoms with van der Waals surface area (Å²) in [6.45, 7) is 1.26. The third-order valence-corrected chi connectivity index (χ3v) is 1.92. The molecule has 0 saturated carbocycles. The lowest BCUT2D eigenvalue weighted by atomic mass is 10.2. The second-order valence-electron chi connectivity index (χ2n) is 3.30. The monoisotopic (exact) mass is 255 g/mol. The molecule has 1 atom stereocenters. The Kier molecular flexibility index (Phi) is 3.85. The van der Waals surface area contributed by atoms with Crippen LogP contribution in [0.25, 0.3) is 0 Å². The lowest BCUT2D eigenvalue weighted by Crippen LogP contribution is -2.35. The SMILES string of the molecule is CC(CC(F)(F)F)NC(=O)c1ccc(Cl)o1. The molecule has 3 nitrogen and oxygen atoms in total. The summed E-state index contributed by atoms with van der Waals surface area (Å²) >= 11 is 5.42. The topological polar surface area (TPSA) is 42.2 Å². The van der Waals surface area contributed by atoms with Gasteiger partial charge in [-0.05, 0) is 30.7 Å². The van der Waals surface area contributed by atoms with Crippen molar-refractivity contribution < 1.29 is 22.4 Å². The van der Waals surface area contributed by atoms with Crippen LogP contribution in [0, 0.1) is 0 Å². The Morgan fingerprint density at radius 2 is 2.19 bits per heavy atom. The van der Waals surface area contributed by atoms with Gasteiger partial charge in [0.05, 0.1) is 6.42 Å². The van der Waals surface area contributed by atoms with Gasteiger partial charge in [0.1, 0.15) is 0 Å². The average molecular weight is 256 g/mol. The highest BCUT2D eigenvalue weighted by Gasteiger charge is 2.30. The van der Waals surface area contributed by atoms with Gasteiger partial charge in [0.2, 0.25) is 0 Å². The summed E-state index contributed by atoms with van der Waals surface area (Å²) in [5.41, 5.74) is 0. The Morgan fingerprint density at radius 1 is 1.56 bits per heavy atom. The molecule has 1 aromatic heterocycles. The van der Waals surface area contributed by atoms with E-state index in [9.17, 15) is 18.0 Å². The second kappa shape index (κ2) is 4.78. The standard InChI is InChI=1S/C9H9ClF3NO2/c1-5(4-9(11,12)13)14-8(15)6-2-3-7(10)16-6/h2-3,5H,4H2,1H3,(H,14,15). The van der Waals surface area contributed by atoms with Crippen molar-refractivity contribution in [1.29, 1.82) is 0 Å². The smallest absolute Gasteiger partial charge is 0.391 e. The van der Waals surface area contributed by atoms with Gasteiger partial charge in [-0.15, -0.1) is 0 Å². The highest BCUT2D eigenvalue weighted by atomic mass is 35.5. The molecule has 1 aromatic rings. The van der Waals surface area contributed by atoms with Crippen LogP contribution in [0.1, 0.15) is 23.9 Å². The first-order valence-electron chi connectivity index (χ1n) is 4.41. The number of hydrogen-bond acceptors (Lipinski definition) is 2. The van der Waals surface area contributed by atoms with Crippen LogP contribution < -0.4 is 5.32 Å². The molecule has 7 heteroatoms. The molecule has 0 spiro atoms. The van der Waals surface area contributed by atoms with E-state index in [1.165, 1.54) is 19.1 Å². The lowest BCUT2D eigenvalue weighted by Gasteiger charge is -2.14. The van der Waals surface area contributed by atoms with Crippen molar-refractivity contribution in [2.24, 2.45) is 0 Å². The van der Waals surface area contributed by atoms with Crippen molar-refractivity contribution in [2.45, 2.75) is 25.6 Å². The van der Waals surface area contributed by atoms with Crippen molar-refractivity contribution in [3.8, 4) is 0 Å². The molecule has 1 rings (SSSR count). The van der Waals surface area contributed by atoms with Gasteiger partial charge >= 0.3 is 6.18 Å². The average Bonchev–Trinajstić information content (AvgIpc) is 2.47. The molecule has 90 valence electrons. The Morgan fingerprint density at radius 3 is 2.62 bits per heavy atom. The van der Waals surface area contributed by atoms with Gasteiger partial charge in [0.25, 0.3) is 5.91 Å². The molecule has 1 heterocycles. The zero-order valence-electron chi connectivity index (χ0n) is 8.27. The first kappa shape index (κ1) is 12.9. The van der Waals surface area contributed by atoms with Gasteiger partial charge in [-0.1, -0.05) is 0 Å². The van der Waals surface area contributed by atoms with Gasteiger partial charge in [-0.3, -0.25) is 4.79 Å². The van der Waals surface area contributed by atoms with E-state index in [4.69, 9.17) is 16.0 Å². The summed E-state index contributed by atoms with van der Waals surface area (Å²) in [6.07, 6.45) is -5.40. The van der Waals surface area contributed by atoms with Crippen molar-refractivity contribution in [2.75, 3.05) is 0 Å². The number of amides is 1. The number of alkyl halides is 3. The molecule has 0 aliphatic rings. The van der Waals surface area contributed by atoms with Gasteiger partial charge in [-0.2, -0.15) is 13.2 Å². The summed E-state index contributed by atoms with van der Waals surface area (Å²) < 4.78 is 40.6. The Bertz CT molecular complexity index is 375. The fourth-order valence-electron chi connectivity index (χ4n) is 1.13. The number of hydrogen-bond donors (Lipinski definition) is 1. The Balaban J connectivity index is 2.52. The van der Waals surface area contributed by atoms with Crippen LogP contribution in [0.5, 0.6) is 0 Å². The molecular weight excluding hydrogens is 247 g/mol. The van der Waals surface area contributed by atoms with Crippen LogP contribution in [-0.4, -0.2) is 18.1 Å². The van der Waals surface area contributed by atoms with Crippen molar-refractivity contribution in [3.05, 3.63) is 23.1 Å². The fourth-order valence-corrected chi connectivity index (χ4v) is 1.28. The van der Waals surface area contributed by atoms with E-state index < -0.39 is 24.5 Å². The maximum absolute atomic E-state index is 12.0.